The molecular formula is C52H39NO. The Morgan fingerprint density at radius 1 is 0.370 bits per heavy atom. The van der Waals surface area contributed by atoms with Crippen LogP contribution < -0.4 is 4.90 Å². The summed E-state index contributed by atoms with van der Waals surface area (Å²) in [6.45, 7) is 9.44. The van der Waals surface area contributed by atoms with E-state index in [4.69, 9.17) is 4.42 Å². The molecule has 9 aromatic rings. The van der Waals surface area contributed by atoms with E-state index in [2.05, 4.69) is 190 Å². The van der Waals surface area contributed by atoms with Gasteiger partial charge in [-0.25, -0.2) is 0 Å². The summed E-state index contributed by atoms with van der Waals surface area (Å²) >= 11 is 0. The number of rotatable bonds is 4. The fraction of sp³-hybridized carbons (Fsp3) is 0.115. The van der Waals surface area contributed by atoms with Crippen molar-refractivity contribution in [2.24, 2.45) is 0 Å². The molecule has 8 aromatic carbocycles. The van der Waals surface area contributed by atoms with Gasteiger partial charge in [0.2, 0.25) is 0 Å². The molecular weight excluding hydrogens is 655 g/mol. The number of hydrogen-bond acceptors (Lipinski definition) is 2. The maximum absolute atomic E-state index is 6.43. The molecule has 0 spiro atoms. The van der Waals surface area contributed by atoms with Crippen molar-refractivity contribution in [3.05, 3.63) is 186 Å². The maximum Gasteiger partial charge on any atom is 0.143 e. The van der Waals surface area contributed by atoms with Crippen LogP contribution in [0.5, 0.6) is 0 Å². The summed E-state index contributed by atoms with van der Waals surface area (Å²) in [5.74, 6) is 0. The molecule has 1 aromatic heterocycles. The van der Waals surface area contributed by atoms with Gasteiger partial charge in [-0.15, -0.1) is 0 Å². The van der Waals surface area contributed by atoms with Gasteiger partial charge in [0.15, 0.2) is 0 Å². The van der Waals surface area contributed by atoms with Crippen molar-refractivity contribution in [2.75, 3.05) is 4.90 Å². The van der Waals surface area contributed by atoms with Crippen LogP contribution in [0.4, 0.5) is 17.1 Å². The number of para-hydroxylation sites is 1. The highest BCUT2D eigenvalue weighted by atomic mass is 16.3. The van der Waals surface area contributed by atoms with Gasteiger partial charge >= 0.3 is 0 Å². The van der Waals surface area contributed by atoms with E-state index in [9.17, 15) is 0 Å². The normalized spacial score (nSPS) is 14.6. The fourth-order valence-electron chi connectivity index (χ4n) is 9.69. The van der Waals surface area contributed by atoms with Crippen molar-refractivity contribution in [3.8, 4) is 33.4 Å². The lowest BCUT2D eigenvalue weighted by atomic mass is 9.82. The second-order valence-corrected chi connectivity index (χ2v) is 16.1. The first-order chi connectivity index (χ1) is 26.3. The molecule has 2 heteroatoms. The smallest absolute Gasteiger partial charge is 0.143 e. The molecule has 0 atom stereocenters. The minimum Gasteiger partial charge on any atom is -0.455 e. The SMILES string of the molecule is CC1(C)c2ccccc2-c2ccc(N(c3ccc(-c4cc5c6ccccc6oc5c5ccccc45)cc3)c3ccc4c(c3)C(C)(C)c3ccccc3-4)cc21. The van der Waals surface area contributed by atoms with Gasteiger partial charge in [-0.3, -0.25) is 0 Å². The van der Waals surface area contributed by atoms with Crippen molar-refractivity contribution in [2.45, 2.75) is 38.5 Å². The Morgan fingerprint density at radius 3 is 1.46 bits per heavy atom. The Kier molecular flexibility index (Phi) is 6.39. The largest absolute Gasteiger partial charge is 0.455 e. The third-order valence-corrected chi connectivity index (χ3v) is 12.5. The fourth-order valence-corrected chi connectivity index (χ4v) is 9.69. The van der Waals surface area contributed by atoms with Gasteiger partial charge in [0, 0.05) is 44.1 Å². The number of fused-ring (bicyclic) bond motifs is 11. The molecule has 0 radical (unpaired) electrons. The molecule has 258 valence electrons. The van der Waals surface area contributed by atoms with Crippen LogP contribution in [0, 0.1) is 0 Å². The summed E-state index contributed by atoms with van der Waals surface area (Å²) in [6.07, 6.45) is 0. The number of benzene rings is 8. The molecule has 0 bridgehead atoms. The van der Waals surface area contributed by atoms with Crippen molar-refractivity contribution in [3.63, 3.8) is 0 Å². The molecule has 2 nitrogen and oxygen atoms in total. The lowest BCUT2D eigenvalue weighted by Crippen LogP contribution is -2.18. The molecule has 0 fully saturated rings. The molecule has 1 heterocycles. The highest BCUT2D eigenvalue weighted by Gasteiger charge is 2.37. The average Bonchev–Trinajstić information content (AvgIpc) is 3.78. The minimum atomic E-state index is -0.101. The lowest BCUT2D eigenvalue weighted by molar-refractivity contribution is 0.660. The Labute approximate surface area is 315 Å². The van der Waals surface area contributed by atoms with Crippen molar-refractivity contribution >= 4 is 49.8 Å². The van der Waals surface area contributed by atoms with Gasteiger partial charge in [-0.2, -0.15) is 0 Å². The first kappa shape index (κ1) is 31.2. The first-order valence-corrected chi connectivity index (χ1v) is 19.0. The van der Waals surface area contributed by atoms with E-state index in [1.54, 1.807) is 0 Å². The second-order valence-electron chi connectivity index (χ2n) is 16.1. The zero-order valence-electron chi connectivity index (χ0n) is 30.9. The van der Waals surface area contributed by atoms with Gasteiger partial charge in [-0.05, 0) is 110 Å². The van der Waals surface area contributed by atoms with E-state index in [0.29, 0.717) is 0 Å². The highest BCUT2D eigenvalue weighted by Crippen LogP contribution is 2.53. The summed E-state index contributed by atoms with van der Waals surface area (Å²) in [5, 5.41) is 4.61. The van der Waals surface area contributed by atoms with Crippen LogP contribution in [0.2, 0.25) is 0 Å². The summed E-state index contributed by atoms with van der Waals surface area (Å²) in [5.41, 5.74) is 18.3. The van der Waals surface area contributed by atoms with Gasteiger partial charge in [0.1, 0.15) is 11.2 Å². The molecule has 2 aliphatic rings. The van der Waals surface area contributed by atoms with Crippen LogP contribution in [-0.2, 0) is 10.8 Å². The zero-order chi connectivity index (χ0) is 36.3. The average molecular weight is 694 g/mol. The van der Waals surface area contributed by atoms with E-state index in [1.807, 2.05) is 6.07 Å². The number of furan rings is 1. The molecule has 0 saturated carbocycles. The van der Waals surface area contributed by atoms with Crippen molar-refractivity contribution in [1.29, 1.82) is 0 Å². The number of anilines is 3. The van der Waals surface area contributed by atoms with Crippen LogP contribution in [0.1, 0.15) is 49.9 Å². The van der Waals surface area contributed by atoms with E-state index in [0.717, 1.165) is 44.4 Å². The molecule has 0 amide bonds. The van der Waals surface area contributed by atoms with Gasteiger partial charge in [0.25, 0.3) is 0 Å². The molecule has 0 aliphatic heterocycles. The quantitative estimate of drug-likeness (QED) is 0.182. The van der Waals surface area contributed by atoms with Crippen LogP contribution in [0.25, 0.3) is 66.1 Å². The van der Waals surface area contributed by atoms with Gasteiger partial charge in [0.05, 0.1) is 0 Å². The highest BCUT2D eigenvalue weighted by molar-refractivity contribution is 6.19. The van der Waals surface area contributed by atoms with E-state index < -0.39 is 0 Å². The maximum atomic E-state index is 6.43. The van der Waals surface area contributed by atoms with Gasteiger partial charge in [-0.1, -0.05) is 143 Å². The summed E-state index contributed by atoms with van der Waals surface area (Å²) in [6, 6.07) is 60.4. The number of nitrogens with zero attached hydrogens (tertiary/aromatic N) is 1. The van der Waals surface area contributed by atoms with E-state index in [-0.39, 0.29) is 10.8 Å². The van der Waals surface area contributed by atoms with Crippen LogP contribution in [-0.4, -0.2) is 0 Å². The van der Waals surface area contributed by atoms with Crippen LogP contribution in [0.15, 0.2) is 168 Å². The van der Waals surface area contributed by atoms with Crippen LogP contribution in [0.3, 0.4) is 0 Å². The monoisotopic (exact) mass is 693 g/mol. The Morgan fingerprint density at radius 2 is 0.852 bits per heavy atom. The Bertz CT molecular complexity index is 2890. The standard InChI is InChI=1S/C52H39NO/c1-51(2)45-18-10-7-14-37(45)39-27-25-34(29-47(39)51)53(35-26-28-40-38-15-8-11-19-46(38)52(3,4)48(40)30-35)33-23-21-32(22-24-33)43-31-44-41-16-9-12-20-49(41)54-50(44)42-17-6-5-13-36(42)43/h5-31H,1-4H3. The third-order valence-electron chi connectivity index (χ3n) is 12.5. The number of hydrogen-bond donors (Lipinski definition) is 0. The van der Waals surface area contributed by atoms with E-state index in [1.165, 1.54) is 61.0 Å². The predicted molar refractivity (Wildman–Crippen MR) is 226 cm³/mol. The van der Waals surface area contributed by atoms with Crippen molar-refractivity contribution < 1.29 is 4.42 Å². The third kappa shape index (κ3) is 4.28. The second kappa shape index (κ2) is 11.1. The molecule has 2 aliphatic carbocycles. The van der Waals surface area contributed by atoms with Crippen LogP contribution >= 0.6 is 0 Å². The molecule has 11 rings (SSSR count). The summed E-state index contributed by atoms with van der Waals surface area (Å²) < 4.78 is 6.43. The van der Waals surface area contributed by atoms with Crippen molar-refractivity contribution in [1.82, 2.24) is 0 Å². The summed E-state index contributed by atoms with van der Waals surface area (Å²) in [7, 11) is 0. The lowest BCUT2D eigenvalue weighted by Gasteiger charge is -2.30. The Hall–Kier alpha value is -6.38. The molecule has 0 N–H and O–H groups in total. The topological polar surface area (TPSA) is 16.4 Å². The summed E-state index contributed by atoms with van der Waals surface area (Å²) in [4.78, 5) is 2.45. The first-order valence-electron chi connectivity index (χ1n) is 19.0. The molecule has 54 heavy (non-hydrogen) atoms. The molecule has 0 unspecified atom stereocenters. The van der Waals surface area contributed by atoms with Gasteiger partial charge < -0.3 is 9.32 Å². The Balaban J connectivity index is 1.09. The predicted octanol–water partition coefficient (Wildman–Crippen LogP) is 14.5. The zero-order valence-corrected chi connectivity index (χ0v) is 30.9. The molecule has 0 saturated heterocycles. The van der Waals surface area contributed by atoms with E-state index >= 15 is 0 Å². The minimum absolute atomic E-state index is 0.101.